The number of benzene rings is 1. The Morgan fingerprint density at radius 2 is 1.97 bits per heavy atom. The van der Waals surface area contributed by atoms with Crippen molar-refractivity contribution in [2.75, 3.05) is 19.6 Å². The average Bonchev–Trinajstić information content (AvgIpc) is 2.69. The van der Waals surface area contributed by atoms with Crippen LogP contribution in [0.2, 0.25) is 5.02 Å². The molecule has 0 unspecified atom stereocenters. The second-order valence-electron chi connectivity index (χ2n) is 8.42. The zero-order chi connectivity index (χ0) is 21.6. The maximum atomic E-state index is 12.2. The summed E-state index contributed by atoms with van der Waals surface area (Å²) >= 11 is 6.13. The van der Waals surface area contributed by atoms with E-state index in [-0.39, 0.29) is 6.09 Å². The van der Waals surface area contributed by atoms with Crippen LogP contribution in [0.15, 0.2) is 36.7 Å². The molecule has 30 heavy (non-hydrogen) atoms. The van der Waals surface area contributed by atoms with E-state index >= 15 is 0 Å². The van der Waals surface area contributed by atoms with Crippen LogP contribution in [-0.2, 0) is 11.3 Å². The van der Waals surface area contributed by atoms with E-state index in [0.717, 1.165) is 38.2 Å². The molecule has 7 nitrogen and oxygen atoms in total. The van der Waals surface area contributed by atoms with E-state index in [9.17, 15) is 4.79 Å². The van der Waals surface area contributed by atoms with Gasteiger partial charge >= 0.3 is 6.09 Å². The molecule has 0 saturated carbocycles. The molecule has 2 heterocycles. The summed E-state index contributed by atoms with van der Waals surface area (Å²) in [5.74, 6) is 1.54. The molecule has 1 amide bonds. The molecule has 0 atom stereocenters. The topological polar surface area (TPSA) is 76.6 Å². The maximum Gasteiger partial charge on any atom is 0.410 e. The van der Waals surface area contributed by atoms with Crippen LogP contribution in [0.25, 0.3) is 0 Å². The number of nitrogens with one attached hydrogen (secondary N) is 1. The summed E-state index contributed by atoms with van der Waals surface area (Å²) in [6.45, 7) is 8.61. The van der Waals surface area contributed by atoms with Crippen molar-refractivity contribution in [3.8, 4) is 11.6 Å². The molecule has 2 aromatic rings. The Morgan fingerprint density at radius 3 is 2.67 bits per heavy atom. The molecule has 0 radical (unpaired) electrons. The largest absolute Gasteiger partial charge is 0.444 e. The Balaban J connectivity index is 1.42. The van der Waals surface area contributed by atoms with Crippen LogP contribution >= 0.6 is 11.6 Å². The zero-order valence-corrected chi connectivity index (χ0v) is 18.5. The van der Waals surface area contributed by atoms with Gasteiger partial charge in [0.05, 0.1) is 10.7 Å². The lowest BCUT2D eigenvalue weighted by Gasteiger charge is -2.33. The van der Waals surface area contributed by atoms with Crippen molar-refractivity contribution in [2.24, 2.45) is 5.92 Å². The minimum Gasteiger partial charge on any atom is -0.444 e. The standard InChI is InChI=1S/C22H29ClN4O3/c1-22(2,3)30-21(28)27-10-8-16(9-11-27)13-24-14-17-12-20(26-15-25-17)29-19-7-5-4-6-18(19)23/h4-7,12,15-16,24H,8-11,13-14H2,1-3H3. The quantitative estimate of drug-likeness (QED) is 0.715. The molecule has 1 saturated heterocycles. The minimum atomic E-state index is -0.457. The summed E-state index contributed by atoms with van der Waals surface area (Å²) in [6.07, 6.45) is 3.18. The first-order chi connectivity index (χ1) is 14.3. The molecule has 162 valence electrons. The number of halogens is 1. The molecule has 3 rings (SSSR count). The van der Waals surface area contributed by atoms with Crippen LogP contribution in [0.1, 0.15) is 39.3 Å². The Bertz CT molecular complexity index is 848. The molecule has 8 heteroatoms. The highest BCUT2D eigenvalue weighted by Gasteiger charge is 2.26. The monoisotopic (exact) mass is 432 g/mol. The third kappa shape index (κ3) is 6.85. The number of rotatable bonds is 6. The second kappa shape index (κ2) is 10.1. The van der Waals surface area contributed by atoms with Crippen LogP contribution < -0.4 is 10.1 Å². The molecule has 1 aromatic heterocycles. The van der Waals surface area contributed by atoms with Crippen LogP contribution in [0.5, 0.6) is 11.6 Å². The summed E-state index contributed by atoms with van der Waals surface area (Å²) in [6, 6.07) is 9.09. The lowest BCUT2D eigenvalue weighted by atomic mass is 9.97. The molecule has 0 bridgehead atoms. The molecular formula is C22H29ClN4O3. The highest BCUT2D eigenvalue weighted by molar-refractivity contribution is 6.32. The van der Waals surface area contributed by atoms with Crippen molar-refractivity contribution < 1.29 is 14.3 Å². The fourth-order valence-electron chi connectivity index (χ4n) is 3.22. The first-order valence-electron chi connectivity index (χ1n) is 10.2. The summed E-state index contributed by atoms with van der Waals surface area (Å²) in [5, 5.41) is 3.99. The van der Waals surface area contributed by atoms with Crippen molar-refractivity contribution in [3.05, 3.63) is 47.4 Å². The Morgan fingerprint density at radius 1 is 1.23 bits per heavy atom. The highest BCUT2D eigenvalue weighted by Crippen LogP contribution is 2.27. The third-order valence-electron chi connectivity index (χ3n) is 4.76. The molecule has 1 aromatic carbocycles. The molecule has 0 aliphatic carbocycles. The number of likely N-dealkylation sites (tertiary alicyclic amines) is 1. The van der Waals surface area contributed by atoms with E-state index < -0.39 is 5.60 Å². The summed E-state index contributed by atoms with van der Waals surface area (Å²) in [5.41, 5.74) is 0.389. The van der Waals surface area contributed by atoms with Crippen LogP contribution in [-0.4, -0.2) is 46.2 Å². The Labute approximate surface area is 182 Å². The van der Waals surface area contributed by atoms with E-state index in [2.05, 4.69) is 15.3 Å². The van der Waals surface area contributed by atoms with Crippen LogP contribution in [0.3, 0.4) is 0 Å². The van der Waals surface area contributed by atoms with Crippen molar-refractivity contribution in [2.45, 2.75) is 45.8 Å². The Kier molecular flexibility index (Phi) is 7.50. The number of aromatic nitrogens is 2. The van der Waals surface area contributed by atoms with Crippen LogP contribution in [0, 0.1) is 5.92 Å². The molecule has 0 spiro atoms. The van der Waals surface area contributed by atoms with Gasteiger partial charge < -0.3 is 19.7 Å². The fourth-order valence-corrected chi connectivity index (χ4v) is 3.39. The number of carbonyl (C=O) groups excluding carboxylic acids is 1. The fraction of sp³-hybridized carbons (Fsp3) is 0.500. The number of nitrogens with zero attached hydrogens (tertiary/aromatic N) is 3. The van der Waals surface area contributed by atoms with E-state index in [1.54, 1.807) is 23.1 Å². The SMILES string of the molecule is CC(C)(C)OC(=O)N1CCC(CNCc2cc(Oc3ccccc3Cl)ncn2)CC1. The van der Waals surface area contributed by atoms with Gasteiger partial charge in [0.1, 0.15) is 17.7 Å². The van der Waals surface area contributed by atoms with E-state index in [1.165, 1.54) is 6.33 Å². The second-order valence-corrected chi connectivity index (χ2v) is 8.83. The van der Waals surface area contributed by atoms with Gasteiger partial charge in [-0.1, -0.05) is 23.7 Å². The predicted octanol–water partition coefficient (Wildman–Crippen LogP) is 4.66. The van der Waals surface area contributed by atoms with Crippen molar-refractivity contribution in [1.82, 2.24) is 20.2 Å². The number of hydrogen-bond acceptors (Lipinski definition) is 6. The van der Waals surface area contributed by atoms with Crippen molar-refractivity contribution >= 4 is 17.7 Å². The predicted molar refractivity (Wildman–Crippen MR) is 116 cm³/mol. The van der Waals surface area contributed by atoms with Crippen LogP contribution in [0.4, 0.5) is 4.79 Å². The van der Waals surface area contributed by atoms with Gasteiger partial charge in [-0.2, -0.15) is 0 Å². The molecular weight excluding hydrogens is 404 g/mol. The smallest absolute Gasteiger partial charge is 0.410 e. The van der Waals surface area contributed by atoms with E-state index in [4.69, 9.17) is 21.1 Å². The van der Waals surface area contributed by atoms with Gasteiger partial charge in [-0.05, 0) is 58.2 Å². The third-order valence-corrected chi connectivity index (χ3v) is 5.07. The number of ether oxygens (including phenoxy) is 2. The number of amides is 1. The normalized spacial score (nSPS) is 15.1. The molecule has 1 N–H and O–H groups in total. The maximum absolute atomic E-state index is 12.2. The van der Waals surface area contributed by atoms with E-state index in [1.807, 2.05) is 32.9 Å². The van der Waals surface area contributed by atoms with Gasteiger partial charge in [-0.25, -0.2) is 14.8 Å². The lowest BCUT2D eigenvalue weighted by Crippen LogP contribution is -2.43. The summed E-state index contributed by atoms with van der Waals surface area (Å²) < 4.78 is 11.2. The van der Waals surface area contributed by atoms with E-state index in [0.29, 0.717) is 29.1 Å². The van der Waals surface area contributed by atoms with Gasteiger partial charge in [0.2, 0.25) is 5.88 Å². The number of hydrogen-bond donors (Lipinski definition) is 1. The first-order valence-corrected chi connectivity index (χ1v) is 10.6. The van der Waals surface area contributed by atoms with Gasteiger partial charge in [-0.15, -0.1) is 0 Å². The molecule has 1 aliphatic heterocycles. The molecule has 1 aliphatic rings. The van der Waals surface area contributed by atoms with Gasteiger partial charge in [0.25, 0.3) is 0 Å². The average molecular weight is 433 g/mol. The lowest BCUT2D eigenvalue weighted by molar-refractivity contribution is 0.0184. The Hall–Kier alpha value is -2.38. The van der Waals surface area contributed by atoms with Gasteiger partial charge in [0.15, 0.2) is 0 Å². The number of carbonyl (C=O) groups is 1. The highest BCUT2D eigenvalue weighted by atomic mass is 35.5. The molecule has 1 fully saturated rings. The summed E-state index contributed by atoms with van der Waals surface area (Å²) in [7, 11) is 0. The summed E-state index contributed by atoms with van der Waals surface area (Å²) in [4.78, 5) is 22.4. The number of para-hydroxylation sites is 1. The zero-order valence-electron chi connectivity index (χ0n) is 17.7. The van der Waals surface area contributed by atoms with Crippen molar-refractivity contribution in [3.63, 3.8) is 0 Å². The van der Waals surface area contributed by atoms with Gasteiger partial charge in [0, 0.05) is 25.7 Å². The van der Waals surface area contributed by atoms with Crippen molar-refractivity contribution in [1.29, 1.82) is 0 Å². The van der Waals surface area contributed by atoms with Gasteiger partial charge in [-0.3, -0.25) is 0 Å². The number of piperidine rings is 1. The first kappa shape index (κ1) is 22.3. The minimum absolute atomic E-state index is 0.221.